The third kappa shape index (κ3) is 4.95. The van der Waals surface area contributed by atoms with E-state index in [0.717, 1.165) is 25.3 Å². The van der Waals surface area contributed by atoms with Crippen molar-refractivity contribution in [2.24, 2.45) is 0 Å². The third-order valence-corrected chi connectivity index (χ3v) is 3.04. The van der Waals surface area contributed by atoms with E-state index in [1.54, 1.807) is 18.2 Å². The Balaban J connectivity index is 2.44. The minimum absolute atomic E-state index is 0.635. The molecular weight excluding hydrogens is 246 g/mol. The second kappa shape index (κ2) is 7.97. The molecule has 1 aromatic carbocycles. The maximum Gasteiger partial charge on any atom is 0.101 e. The number of halogens is 1. The van der Waals surface area contributed by atoms with Gasteiger partial charge in [-0.05, 0) is 38.2 Å². The van der Waals surface area contributed by atoms with E-state index in [1.807, 2.05) is 0 Å². The van der Waals surface area contributed by atoms with Gasteiger partial charge < -0.3 is 10.2 Å². The Labute approximate surface area is 114 Å². The van der Waals surface area contributed by atoms with Gasteiger partial charge in [0.1, 0.15) is 6.07 Å². The van der Waals surface area contributed by atoms with Crippen LogP contribution in [-0.2, 0) is 0 Å². The standard InChI is InChI=1S/C14H20ClN3/c1-3-4-8-18(2)9-7-17-14-10-13(15)6-5-12(14)11-16/h5-6,10,17H,3-4,7-9H2,1-2H3. The van der Waals surface area contributed by atoms with Gasteiger partial charge in [-0.1, -0.05) is 24.9 Å². The molecule has 0 aliphatic rings. The van der Waals surface area contributed by atoms with Gasteiger partial charge in [-0.15, -0.1) is 0 Å². The Hall–Kier alpha value is -1.24. The molecule has 0 saturated carbocycles. The summed E-state index contributed by atoms with van der Waals surface area (Å²) in [6, 6.07) is 7.43. The topological polar surface area (TPSA) is 39.1 Å². The van der Waals surface area contributed by atoms with E-state index in [-0.39, 0.29) is 0 Å². The molecule has 0 aliphatic carbocycles. The van der Waals surface area contributed by atoms with Crippen LogP contribution >= 0.6 is 11.6 Å². The first kappa shape index (κ1) is 14.8. The van der Waals surface area contributed by atoms with Crippen LogP contribution in [0.1, 0.15) is 25.3 Å². The molecule has 0 radical (unpaired) electrons. The highest BCUT2D eigenvalue weighted by Gasteiger charge is 2.03. The van der Waals surface area contributed by atoms with Crippen LogP contribution in [0.15, 0.2) is 18.2 Å². The maximum atomic E-state index is 8.99. The van der Waals surface area contributed by atoms with Crippen LogP contribution < -0.4 is 5.32 Å². The first-order chi connectivity index (χ1) is 8.67. The van der Waals surface area contributed by atoms with Crippen LogP contribution in [0.3, 0.4) is 0 Å². The lowest BCUT2D eigenvalue weighted by molar-refractivity contribution is 0.340. The number of hydrogen-bond acceptors (Lipinski definition) is 3. The first-order valence-corrected chi connectivity index (χ1v) is 6.67. The van der Waals surface area contributed by atoms with Gasteiger partial charge in [0.2, 0.25) is 0 Å². The summed E-state index contributed by atoms with van der Waals surface area (Å²) in [5.41, 5.74) is 1.45. The fourth-order valence-electron chi connectivity index (χ4n) is 1.68. The van der Waals surface area contributed by atoms with E-state index in [4.69, 9.17) is 16.9 Å². The molecule has 4 heteroatoms. The van der Waals surface area contributed by atoms with Gasteiger partial charge in [-0.3, -0.25) is 0 Å². The van der Waals surface area contributed by atoms with E-state index in [1.165, 1.54) is 12.8 Å². The van der Waals surface area contributed by atoms with E-state index < -0.39 is 0 Å². The fraction of sp³-hybridized carbons (Fsp3) is 0.500. The highest BCUT2D eigenvalue weighted by atomic mass is 35.5. The van der Waals surface area contributed by atoms with Crippen molar-refractivity contribution in [3.8, 4) is 6.07 Å². The predicted molar refractivity (Wildman–Crippen MR) is 77.1 cm³/mol. The lowest BCUT2D eigenvalue weighted by Crippen LogP contribution is -2.26. The van der Waals surface area contributed by atoms with Gasteiger partial charge in [0, 0.05) is 18.1 Å². The summed E-state index contributed by atoms with van der Waals surface area (Å²) >= 11 is 5.92. The zero-order valence-electron chi connectivity index (χ0n) is 11.0. The molecule has 0 aliphatic heterocycles. The molecular formula is C14H20ClN3. The predicted octanol–water partition coefficient (Wildman–Crippen LogP) is 3.36. The summed E-state index contributed by atoms with van der Waals surface area (Å²) in [7, 11) is 2.11. The number of hydrogen-bond donors (Lipinski definition) is 1. The summed E-state index contributed by atoms with van der Waals surface area (Å²) in [6.45, 7) is 5.07. The molecule has 0 unspecified atom stereocenters. The zero-order valence-corrected chi connectivity index (χ0v) is 11.8. The first-order valence-electron chi connectivity index (χ1n) is 6.29. The van der Waals surface area contributed by atoms with Crippen molar-refractivity contribution in [2.75, 3.05) is 32.0 Å². The molecule has 1 aromatic rings. The Bertz CT molecular complexity index is 412. The van der Waals surface area contributed by atoms with Crippen LogP contribution in [0.4, 0.5) is 5.69 Å². The number of unbranched alkanes of at least 4 members (excludes halogenated alkanes) is 1. The molecule has 98 valence electrons. The maximum absolute atomic E-state index is 8.99. The monoisotopic (exact) mass is 265 g/mol. The zero-order chi connectivity index (χ0) is 13.4. The van der Waals surface area contributed by atoms with Gasteiger partial charge in [-0.2, -0.15) is 5.26 Å². The van der Waals surface area contributed by atoms with Crippen LogP contribution in [-0.4, -0.2) is 31.6 Å². The number of benzene rings is 1. The van der Waals surface area contributed by atoms with Gasteiger partial charge in [0.05, 0.1) is 11.3 Å². The highest BCUT2D eigenvalue weighted by molar-refractivity contribution is 6.30. The molecule has 0 bridgehead atoms. The molecule has 1 N–H and O–H groups in total. The van der Waals surface area contributed by atoms with Crippen molar-refractivity contribution in [2.45, 2.75) is 19.8 Å². The van der Waals surface area contributed by atoms with Crippen LogP contribution in [0, 0.1) is 11.3 Å². The Kier molecular flexibility index (Phi) is 6.56. The van der Waals surface area contributed by atoms with Crippen molar-refractivity contribution in [3.05, 3.63) is 28.8 Å². The minimum atomic E-state index is 0.635. The summed E-state index contributed by atoms with van der Waals surface area (Å²) in [5.74, 6) is 0. The lowest BCUT2D eigenvalue weighted by atomic mass is 10.2. The Morgan fingerprint density at radius 1 is 1.39 bits per heavy atom. The second-order valence-corrected chi connectivity index (χ2v) is 4.82. The molecule has 18 heavy (non-hydrogen) atoms. The van der Waals surface area contributed by atoms with Crippen molar-refractivity contribution in [1.82, 2.24) is 4.90 Å². The van der Waals surface area contributed by atoms with Crippen molar-refractivity contribution in [3.63, 3.8) is 0 Å². The molecule has 0 heterocycles. The van der Waals surface area contributed by atoms with Crippen LogP contribution in [0.5, 0.6) is 0 Å². The van der Waals surface area contributed by atoms with Gasteiger partial charge >= 0.3 is 0 Å². The number of nitrogens with one attached hydrogen (secondary N) is 1. The number of likely N-dealkylation sites (N-methyl/N-ethyl adjacent to an activating group) is 1. The highest BCUT2D eigenvalue weighted by Crippen LogP contribution is 2.19. The molecule has 0 fully saturated rings. The molecule has 1 rings (SSSR count). The van der Waals surface area contributed by atoms with Crippen LogP contribution in [0.2, 0.25) is 5.02 Å². The summed E-state index contributed by atoms with van der Waals surface area (Å²) < 4.78 is 0. The Morgan fingerprint density at radius 3 is 2.83 bits per heavy atom. The molecule has 0 amide bonds. The largest absolute Gasteiger partial charge is 0.383 e. The van der Waals surface area contributed by atoms with E-state index in [0.29, 0.717) is 10.6 Å². The van der Waals surface area contributed by atoms with E-state index in [2.05, 4.69) is 30.3 Å². The lowest BCUT2D eigenvalue weighted by Gasteiger charge is -2.17. The van der Waals surface area contributed by atoms with Crippen molar-refractivity contribution >= 4 is 17.3 Å². The number of nitrogens with zero attached hydrogens (tertiary/aromatic N) is 2. The van der Waals surface area contributed by atoms with Gasteiger partial charge in [0.15, 0.2) is 0 Å². The van der Waals surface area contributed by atoms with Crippen molar-refractivity contribution in [1.29, 1.82) is 5.26 Å². The molecule has 0 aromatic heterocycles. The summed E-state index contributed by atoms with van der Waals surface area (Å²) in [6.07, 6.45) is 2.43. The fourth-order valence-corrected chi connectivity index (χ4v) is 1.85. The third-order valence-electron chi connectivity index (χ3n) is 2.80. The molecule has 0 atom stereocenters. The van der Waals surface area contributed by atoms with E-state index in [9.17, 15) is 0 Å². The normalized spacial score (nSPS) is 10.4. The number of nitriles is 1. The average Bonchev–Trinajstić information content (AvgIpc) is 2.36. The molecule has 3 nitrogen and oxygen atoms in total. The van der Waals surface area contributed by atoms with E-state index >= 15 is 0 Å². The average molecular weight is 266 g/mol. The summed E-state index contributed by atoms with van der Waals surface area (Å²) in [5, 5.41) is 12.9. The van der Waals surface area contributed by atoms with Crippen LogP contribution in [0.25, 0.3) is 0 Å². The number of anilines is 1. The van der Waals surface area contributed by atoms with Gasteiger partial charge in [-0.25, -0.2) is 0 Å². The smallest absolute Gasteiger partial charge is 0.101 e. The SMILES string of the molecule is CCCCN(C)CCNc1cc(Cl)ccc1C#N. The minimum Gasteiger partial charge on any atom is -0.383 e. The summed E-state index contributed by atoms with van der Waals surface area (Å²) in [4.78, 5) is 2.28. The van der Waals surface area contributed by atoms with Crippen molar-refractivity contribution < 1.29 is 0 Å². The molecule has 0 spiro atoms. The van der Waals surface area contributed by atoms with Gasteiger partial charge in [0.25, 0.3) is 0 Å². The second-order valence-electron chi connectivity index (χ2n) is 4.39. The number of rotatable bonds is 7. The molecule has 0 saturated heterocycles. The Morgan fingerprint density at radius 2 is 2.17 bits per heavy atom. The quantitative estimate of drug-likeness (QED) is 0.822.